The quantitative estimate of drug-likeness (QED) is 0.565. The number of aliphatic hydroxyl groups is 1. The van der Waals surface area contributed by atoms with Crippen LogP contribution in [0.4, 0.5) is 0 Å². The minimum Gasteiger partial charge on any atom is -0.393 e. The number of rotatable bonds is 2. The molecule has 0 spiro atoms. The van der Waals surface area contributed by atoms with Crippen LogP contribution in [-0.4, -0.2) is 39.1 Å². The lowest BCUT2D eigenvalue weighted by atomic mass is 10.1. The lowest BCUT2D eigenvalue weighted by molar-refractivity contribution is -0.115. The number of hydrogen-bond acceptors (Lipinski definition) is 5. The Labute approximate surface area is 151 Å². The monoisotopic (exact) mass is 351 g/mol. The molecule has 4 rings (SSSR count). The van der Waals surface area contributed by atoms with Crippen molar-refractivity contribution in [1.29, 1.82) is 0 Å². The largest absolute Gasteiger partial charge is 0.393 e. The van der Waals surface area contributed by atoms with Gasteiger partial charge in [0.25, 0.3) is 5.91 Å². The number of carbonyl (C=O) groups excluding carboxylic acids is 1. The second-order valence-corrected chi connectivity index (χ2v) is 6.74. The molecule has 0 unspecified atom stereocenters. The Morgan fingerprint density at radius 3 is 2.81 bits per heavy atom. The first-order valence-electron chi connectivity index (χ1n) is 8.94. The van der Waals surface area contributed by atoms with Crippen molar-refractivity contribution >= 4 is 29.0 Å². The summed E-state index contributed by atoms with van der Waals surface area (Å²) in [7, 11) is 0. The second-order valence-electron chi connectivity index (χ2n) is 6.74. The second kappa shape index (κ2) is 7.21. The summed E-state index contributed by atoms with van der Waals surface area (Å²) in [5.74, 6) is 0.292. The predicted octanol–water partition coefficient (Wildman–Crippen LogP) is 1.74. The lowest BCUT2D eigenvalue weighted by Crippen LogP contribution is -2.27. The maximum atomic E-state index is 12.2. The molecule has 1 amide bonds. The number of guanidine groups is 1. The van der Waals surface area contributed by atoms with Crippen molar-refractivity contribution in [2.24, 2.45) is 4.99 Å². The minimum absolute atomic E-state index is 0.130. The van der Waals surface area contributed by atoms with Crippen LogP contribution in [-0.2, 0) is 4.79 Å². The molecule has 0 bridgehead atoms. The van der Waals surface area contributed by atoms with Crippen LogP contribution < -0.4 is 10.6 Å². The highest BCUT2D eigenvalue weighted by Crippen LogP contribution is 2.21. The van der Waals surface area contributed by atoms with E-state index in [9.17, 15) is 9.90 Å². The molecule has 2 aromatic rings. The van der Waals surface area contributed by atoms with Gasteiger partial charge in [0, 0.05) is 12.4 Å². The standard InChI is InChI=1S/C19H21N5O2/c25-14-3-1-2-13(5-6-14)22-19-23-17(18(26)24-19)11-12-4-7-15-16(10-12)21-9-8-20-15/h4,7-11,13-14,25H,1-3,5-6H2,(H2,22,23,24,26)/b17-11-/t13-,14-/m0/s1. The Bertz CT molecular complexity index is 892. The molecule has 1 saturated carbocycles. The third-order valence-electron chi connectivity index (χ3n) is 4.75. The van der Waals surface area contributed by atoms with Crippen molar-refractivity contribution in [1.82, 2.24) is 20.6 Å². The molecule has 3 N–H and O–H groups in total. The van der Waals surface area contributed by atoms with Crippen LogP contribution in [0.3, 0.4) is 0 Å². The van der Waals surface area contributed by atoms with Crippen LogP contribution in [0.1, 0.15) is 37.7 Å². The van der Waals surface area contributed by atoms with Crippen LogP contribution in [0, 0.1) is 0 Å². The summed E-state index contributed by atoms with van der Waals surface area (Å²) in [5.41, 5.74) is 2.93. The number of fused-ring (bicyclic) bond motifs is 1. The summed E-state index contributed by atoms with van der Waals surface area (Å²) in [6.07, 6.45) is 9.17. The van der Waals surface area contributed by atoms with Crippen molar-refractivity contribution in [2.45, 2.75) is 44.2 Å². The van der Waals surface area contributed by atoms with E-state index in [-0.39, 0.29) is 18.1 Å². The number of amides is 1. The van der Waals surface area contributed by atoms with Gasteiger partial charge in [-0.3, -0.25) is 20.1 Å². The number of carbonyl (C=O) groups is 1. The van der Waals surface area contributed by atoms with Gasteiger partial charge in [-0.05, 0) is 55.9 Å². The Morgan fingerprint density at radius 2 is 1.92 bits per heavy atom. The van der Waals surface area contributed by atoms with Crippen LogP contribution >= 0.6 is 0 Å². The van der Waals surface area contributed by atoms with E-state index in [0.29, 0.717) is 11.7 Å². The number of aliphatic hydroxyl groups excluding tert-OH is 1. The van der Waals surface area contributed by atoms with E-state index < -0.39 is 0 Å². The SMILES string of the molecule is O=C1NC(=N[C@H]2CCC[C@H](O)CC2)N/C1=C\c1ccc2nccnc2c1. The van der Waals surface area contributed by atoms with Gasteiger partial charge >= 0.3 is 0 Å². The summed E-state index contributed by atoms with van der Waals surface area (Å²) in [6, 6.07) is 5.81. The van der Waals surface area contributed by atoms with Crippen molar-refractivity contribution in [2.75, 3.05) is 0 Å². The van der Waals surface area contributed by atoms with Gasteiger partial charge in [-0.25, -0.2) is 4.99 Å². The molecule has 1 saturated heterocycles. The zero-order valence-corrected chi connectivity index (χ0v) is 14.4. The number of nitrogens with one attached hydrogen (secondary N) is 2. The van der Waals surface area contributed by atoms with E-state index in [1.807, 2.05) is 18.2 Å². The smallest absolute Gasteiger partial charge is 0.274 e. The van der Waals surface area contributed by atoms with Gasteiger partial charge in [0.2, 0.25) is 5.96 Å². The van der Waals surface area contributed by atoms with Crippen LogP contribution in [0.5, 0.6) is 0 Å². The highest BCUT2D eigenvalue weighted by Gasteiger charge is 2.24. The van der Waals surface area contributed by atoms with Crippen molar-refractivity contribution < 1.29 is 9.90 Å². The molecule has 134 valence electrons. The molecule has 1 aromatic heterocycles. The fourth-order valence-electron chi connectivity index (χ4n) is 3.37. The van der Waals surface area contributed by atoms with Gasteiger partial charge in [0.15, 0.2) is 0 Å². The minimum atomic E-state index is -0.224. The van der Waals surface area contributed by atoms with Gasteiger partial charge in [0.05, 0.1) is 23.2 Å². The van der Waals surface area contributed by atoms with E-state index in [2.05, 4.69) is 25.6 Å². The number of benzene rings is 1. The van der Waals surface area contributed by atoms with Gasteiger partial charge in [-0.1, -0.05) is 6.07 Å². The van der Waals surface area contributed by atoms with Gasteiger partial charge in [-0.2, -0.15) is 0 Å². The van der Waals surface area contributed by atoms with E-state index in [1.165, 1.54) is 0 Å². The van der Waals surface area contributed by atoms with E-state index in [1.54, 1.807) is 18.5 Å². The summed E-state index contributed by atoms with van der Waals surface area (Å²) in [6.45, 7) is 0. The third kappa shape index (κ3) is 3.72. The van der Waals surface area contributed by atoms with Crippen LogP contribution in [0.15, 0.2) is 41.3 Å². The fourth-order valence-corrected chi connectivity index (χ4v) is 3.37. The first kappa shape index (κ1) is 16.7. The molecule has 2 fully saturated rings. The summed E-state index contributed by atoms with van der Waals surface area (Å²) < 4.78 is 0. The normalized spacial score (nSPS) is 26.7. The summed E-state index contributed by atoms with van der Waals surface area (Å²) in [5, 5.41) is 15.6. The third-order valence-corrected chi connectivity index (χ3v) is 4.75. The van der Waals surface area contributed by atoms with Gasteiger partial charge in [0.1, 0.15) is 5.70 Å². The molecule has 7 nitrogen and oxygen atoms in total. The highest BCUT2D eigenvalue weighted by atomic mass is 16.3. The summed E-state index contributed by atoms with van der Waals surface area (Å²) >= 11 is 0. The van der Waals surface area contributed by atoms with Gasteiger partial charge in [-0.15, -0.1) is 0 Å². The topological polar surface area (TPSA) is 99.5 Å². The zero-order chi connectivity index (χ0) is 17.9. The molecular formula is C19H21N5O2. The lowest BCUT2D eigenvalue weighted by Gasteiger charge is -2.09. The number of hydrogen-bond donors (Lipinski definition) is 3. The Kier molecular flexibility index (Phi) is 4.62. The number of aliphatic imine (C=N–C) groups is 1. The maximum Gasteiger partial charge on any atom is 0.274 e. The van der Waals surface area contributed by atoms with Crippen molar-refractivity contribution in [3.05, 3.63) is 41.9 Å². The van der Waals surface area contributed by atoms with E-state index in [0.717, 1.165) is 48.7 Å². The maximum absolute atomic E-state index is 12.2. The molecular weight excluding hydrogens is 330 g/mol. The van der Waals surface area contributed by atoms with Crippen LogP contribution in [0.2, 0.25) is 0 Å². The Balaban J connectivity index is 1.51. The molecule has 26 heavy (non-hydrogen) atoms. The first-order chi connectivity index (χ1) is 12.7. The van der Waals surface area contributed by atoms with Gasteiger partial charge < -0.3 is 10.4 Å². The Morgan fingerprint density at radius 1 is 1.08 bits per heavy atom. The average Bonchev–Trinajstić information content (AvgIpc) is 2.84. The Hall–Kier alpha value is -2.80. The highest BCUT2D eigenvalue weighted by molar-refractivity contribution is 6.15. The van der Waals surface area contributed by atoms with Crippen LogP contribution in [0.25, 0.3) is 17.1 Å². The number of nitrogens with zero attached hydrogens (tertiary/aromatic N) is 3. The molecule has 7 heteroatoms. The molecule has 0 radical (unpaired) electrons. The molecule has 1 aliphatic carbocycles. The average molecular weight is 351 g/mol. The molecule has 1 aliphatic heterocycles. The van der Waals surface area contributed by atoms with Crippen molar-refractivity contribution in [3.63, 3.8) is 0 Å². The van der Waals surface area contributed by atoms with E-state index in [4.69, 9.17) is 0 Å². The summed E-state index contributed by atoms with van der Waals surface area (Å²) in [4.78, 5) is 25.4. The molecule has 1 aromatic carbocycles. The first-order valence-corrected chi connectivity index (χ1v) is 8.94. The molecule has 2 aliphatic rings. The number of aromatic nitrogens is 2. The molecule has 2 atom stereocenters. The van der Waals surface area contributed by atoms with Crippen molar-refractivity contribution in [3.8, 4) is 0 Å². The van der Waals surface area contributed by atoms with E-state index >= 15 is 0 Å². The fraction of sp³-hybridized carbons (Fsp3) is 0.368. The predicted molar refractivity (Wildman–Crippen MR) is 99.1 cm³/mol. The molecule has 2 heterocycles. The zero-order valence-electron chi connectivity index (χ0n) is 14.4.